The Kier molecular flexibility index (Phi) is 9.31. The van der Waals surface area contributed by atoms with E-state index in [1.54, 1.807) is 4.90 Å². The molecule has 1 aromatic heterocycles. The Morgan fingerprint density at radius 1 is 1.11 bits per heavy atom. The third-order valence-electron chi connectivity index (χ3n) is 5.16. The van der Waals surface area contributed by atoms with Crippen molar-refractivity contribution in [1.82, 2.24) is 25.0 Å². The molecule has 0 saturated heterocycles. The number of benzene rings is 2. The van der Waals surface area contributed by atoms with Crippen molar-refractivity contribution in [2.24, 2.45) is 0 Å². The molecular weight excluding hydrogens is 462 g/mol. The molecule has 2 amide bonds. The largest absolute Gasteiger partial charge is 0.494 e. The summed E-state index contributed by atoms with van der Waals surface area (Å²) in [4.78, 5) is 26.6. The van der Waals surface area contributed by atoms with E-state index in [0.717, 1.165) is 22.6 Å². The lowest BCUT2D eigenvalue weighted by molar-refractivity contribution is -0.134. The van der Waals surface area contributed by atoms with Crippen LogP contribution < -0.4 is 10.1 Å². The fourth-order valence-corrected chi connectivity index (χ4v) is 4.41. The number of carbonyl (C=O) groups is 2. The Balaban J connectivity index is 1.86. The summed E-state index contributed by atoms with van der Waals surface area (Å²) in [5.41, 5.74) is 2.92. The summed E-state index contributed by atoms with van der Waals surface area (Å²) < 4.78 is 7.53. The highest BCUT2D eigenvalue weighted by Crippen LogP contribution is 2.29. The van der Waals surface area contributed by atoms with Crippen LogP contribution in [0, 0.1) is 6.92 Å². The van der Waals surface area contributed by atoms with Gasteiger partial charge < -0.3 is 15.0 Å². The number of aryl methyl sites for hydroxylation is 1. The Labute approximate surface area is 211 Å². The number of amides is 2. The lowest BCUT2D eigenvalue weighted by Gasteiger charge is -2.21. The van der Waals surface area contributed by atoms with Gasteiger partial charge in [-0.05, 0) is 65.0 Å². The molecule has 0 radical (unpaired) electrons. The second-order valence-electron chi connectivity index (χ2n) is 8.36. The highest BCUT2D eigenvalue weighted by molar-refractivity contribution is 7.99. The molecule has 0 aliphatic heterocycles. The van der Waals surface area contributed by atoms with Crippen molar-refractivity contribution < 1.29 is 14.3 Å². The summed E-state index contributed by atoms with van der Waals surface area (Å²) in [5.74, 6) is 1.32. The van der Waals surface area contributed by atoms with E-state index in [0.29, 0.717) is 24.1 Å². The molecule has 0 aliphatic rings. The van der Waals surface area contributed by atoms with Gasteiger partial charge in [0.05, 0.1) is 18.9 Å². The van der Waals surface area contributed by atoms with E-state index in [-0.39, 0.29) is 30.2 Å². The van der Waals surface area contributed by atoms with E-state index in [2.05, 4.69) is 21.6 Å². The summed E-state index contributed by atoms with van der Waals surface area (Å²) in [6, 6.07) is 15.8. The molecule has 0 saturated carbocycles. The summed E-state index contributed by atoms with van der Waals surface area (Å²) in [6.07, 6.45) is 0. The molecule has 186 valence electrons. The fraction of sp³-hybridized carbons (Fsp3) is 0.385. The molecule has 0 spiro atoms. The predicted molar refractivity (Wildman–Crippen MR) is 139 cm³/mol. The van der Waals surface area contributed by atoms with Gasteiger partial charge >= 0.3 is 0 Å². The summed E-state index contributed by atoms with van der Waals surface area (Å²) in [7, 11) is 0. The van der Waals surface area contributed by atoms with Crippen molar-refractivity contribution in [1.29, 1.82) is 0 Å². The van der Waals surface area contributed by atoms with Crippen LogP contribution in [0.3, 0.4) is 0 Å². The van der Waals surface area contributed by atoms with E-state index in [9.17, 15) is 9.59 Å². The molecule has 9 heteroatoms. The minimum absolute atomic E-state index is 0.0263. The molecule has 1 heterocycles. The van der Waals surface area contributed by atoms with Crippen molar-refractivity contribution >= 4 is 23.6 Å². The SMILES string of the molecule is CCOc1ccc(-n2c(SCC(=O)N(CC)CC(=O)NC(C)C)nnc2-c2cccc(C)c2)cc1. The number of ether oxygens (including phenoxy) is 1. The van der Waals surface area contributed by atoms with Crippen molar-refractivity contribution in [2.75, 3.05) is 25.4 Å². The first-order valence-corrected chi connectivity index (χ1v) is 12.8. The van der Waals surface area contributed by atoms with Crippen LogP contribution in [0.1, 0.15) is 33.3 Å². The number of rotatable bonds is 11. The molecular formula is C26H33N5O3S. The number of hydrogen-bond acceptors (Lipinski definition) is 6. The molecule has 1 N–H and O–H groups in total. The fourth-order valence-electron chi connectivity index (χ4n) is 3.56. The number of likely N-dealkylation sites (N-methyl/N-ethyl adjacent to an activating group) is 1. The average Bonchev–Trinajstić information content (AvgIpc) is 3.25. The van der Waals surface area contributed by atoms with Gasteiger partial charge in [-0.1, -0.05) is 35.5 Å². The second kappa shape index (κ2) is 12.4. The zero-order valence-electron chi connectivity index (χ0n) is 20.9. The van der Waals surface area contributed by atoms with Crippen molar-refractivity contribution in [3.8, 4) is 22.8 Å². The number of nitrogens with one attached hydrogen (secondary N) is 1. The molecule has 0 unspecified atom stereocenters. The molecule has 3 aromatic rings. The monoisotopic (exact) mass is 495 g/mol. The number of carbonyl (C=O) groups excluding carboxylic acids is 2. The first-order valence-electron chi connectivity index (χ1n) is 11.8. The molecule has 0 bridgehead atoms. The minimum atomic E-state index is -0.167. The Morgan fingerprint density at radius 2 is 1.86 bits per heavy atom. The quantitative estimate of drug-likeness (QED) is 0.403. The highest BCUT2D eigenvalue weighted by Gasteiger charge is 2.20. The smallest absolute Gasteiger partial charge is 0.239 e. The standard InChI is InChI=1S/C26H33N5O3S/c1-6-30(16-23(32)27-18(3)4)24(33)17-35-26-29-28-25(20-10-8-9-19(5)15-20)31(26)21-11-13-22(14-12-21)34-7-2/h8-15,18H,6-7,16-17H2,1-5H3,(H,27,32). The van der Waals surface area contributed by atoms with Gasteiger partial charge in [0.2, 0.25) is 11.8 Å². The Morgan fingerprint density at radius 3 is 2.49 bits per heavy atom. The van der Waals surface area contributed by atoms with Crippen molar-refractivity contribution in [2.45, 2.75) is 45.8 Å². The molecule has 0 aliphatic carbocycles. The Hall–Kier alpha value is -3.33. The Bertz CT molecular complexity index is 1140. The topological polar surface area (TPSA) is 89.4 Å². The van der Waals surface area contributed by atoms with Gasteiger partial charge in [0, 0.05) is 23.8 Å². The minimum Gasteiger partial charge on any atom is -0.494 e. The van der Waals surface area contributed by atoms with Crippen LogP contribution in [0.2, 0.25) is 0 Å². The molecule has 8 nitrogen and oxygen atoms in total. The van der Waals surface area contributed by atoms with Crippen LogP contribution >= 0.6 is 11.8 Å². The van der Waals surface area contributed by atoms with E-state index < -0.39 is 0 Å². The van der Waals surface area contributed by atoms with Crippen LogP contribution in [0.5, 0.6) is 5.75 Å². The first kappa shape index (κ1) is 26.3. The van der Waals surface area contributed by atoms with Gasteiger partial charge in [-0.3, -0.25) is 14.2 Å². The molecule has 0 fully saturated rings. The number of nitrogens with zero attached hydrogens (tertiary/aromatic N) is 4. The van der Waals surface area contributed by atoms with Gasteiger partial charge in [0.25, 0.3) is 0 Å². The summed E-state index contributed by atoms with van der Waals surface area (Å²) in [6.45, 7) is 10.7. The maximum atomic E-state index is 12.9. The van der Waals surface area contributed by atoms with E-state index in [1.807, 2.05) is 81.7 Å². The van der Waals surface area contributed by atoms with Gasteiger partial charge in [0.15, 0.2) is 11.0 Å². The van der Waals surface area contributed by atoms with Gasteiger partial charge in [-0.2, -0.15) is 0 Å². The molecule has 35 heavy (non-hydrogen) atoms. The van der Waals surface area contributed by atoms with Crippen molar-refractivity contribution in [3.05, 3.63) is 54.1 Å². The zero-order valence-corrected chi connectivity index (χ0v) is 21.8. The molecule has 2 aromatic carbocycles. The van der Waals surface area contributed by atoms with Gasteiger partial charge in [0.1, 0.15) is 5.75 Å². The second-order valence-corrected chi connectivity index (χ2v) is 9.30. The van der Waals surface area contributed by atoms with Crippen molar-refractivity contribution in [3.63, 3.8) is 0 Å². The van der Waals surface area contributed by atoms with Gasteiger partial charge in [-0.15, -0.1) is 10.2 Å². The maximum Gasteiger partial charge on any atom is 0.239 e. The molecule has 3 rings (SSSR count). The number of hydrogen-bond donors (Lipinski definition) is 1. The number of thioether (sulfide) groups is 1. The van der Waals surface area contributed by atoms with E-state index in [1.165, 1.54) is 11.8 Å². The number of aromatic nitrogens is 3. The van der Waals surface area contributed by atoms with E-state index >= 15 is 0 Å². The van der Waals surface area contributed by atoms with Crippen LogP contribution in [0.4, 0.5) is 0 Å². The maximum absolute atomic E-state index is 12.9. The zero-order chi connectivity index (χ0) is 25.4. The third kappa shape index (κ3) is 7.08. The summed E-state index contributed by atoms with van der Waals surface area (Å²) >= 11 is 1.30. The van der Waals surface area contributed by atoms with Crippen LogP contribution in [-0.2, 0) is 9.59 Å². The highest BCUT2D eigenvalue weighted by atomic mass is 32.2. The lowest BCUT2D eigenvalue weighted by Crippen LogP contribution is -2.43. The van der Waals surface area contributed by atoms with Crippen LogP contribution in [0.15, 0.2) is 53.7 Å². The normalized spacial score (nSPS) is 10.9. The van der Waals surface area contributed by atoms with E-state index in [4.69, 9.17) is 4.74 Å². The third-order valence-corrected chi connectivity index (χ3v) is 6.07. The van der Waals surface area contributed by atoms with Crippen LogP contribution in [0.25, 0.3) is 17.1 Å². The van der Waals surface area contributed by atoms with Gasteiger partial charge in [-0.25, -0.2) is 0 Å². The molecule has 0 atom stereocenters. The predicted octanol–water partition coefficient (Wildman–Crippen LogP) is 4.11. The summed E-state index contributed by atoms with van der Waals surface area (Å²) in [5, 5.41) is 12.3. The first-order chi connectivity index (χ1) is 16.8. The lowest BCUT2D eigenvalue weighted by atomic mass is 10.1. The van der Waals surface area contributed by atoms with Crippen LogP contribution in [-0.4, -0.2) is 63.0 Å². The average molecular weight is 496 g/mol.